The summed E-state index contributed by atoms with van der Waals surface area (Å²) in [6.07, 6.45) is 100. The Labute approximate surface area is 532 Å². The van der Waals surface area contributed by atoms with Gasteiger partial charge in [0.05, 0.1) is 39.9 Å². The van der Waals surface area contributed by atoms with E-state index in [1.807, 2.05) is 27.2 Å². The van der Waals surface area contributed by atoms with E-state index in [0.717, 1.165) is 109 Å². The van der Waals surface area contributed by atoms with Crippen molar-refractivity contribution in [2.24, 2.45) is 0 Å². The summed E-state index contributed by atoms with van der Waals surface area (Å²) in [7, 11) is 1.56. The number of phosphoric acid groups is 1. The lowest BCUT2D eigenvalue weighted by molar-refractivity contribution is -0.870. The van der Waals surface area contributed by atoms with Crippen LogP contribution in [0, 0.1) is 0 Å². The minimum Gasteiger partial charge on any atom is -0.387 e. The number of rotatable bonds is 64. The van der Waals surface area contributed by atoms with Gasteiger partial charge in [-0.25, -0.2) is 4.57 Å². The number of quaternary nitrogens is 1. The summed E-state index contributed by atoms with van der Waals surface area (Å²) in [5.41, 5.74) is 0. The van der Waals surface area contributed by atoms with Crippen LogP contribution in [0.15, 0.2) is 134 Å². The maximum atomic E-state index is 13.1. The summed E-state index contributed by atoms with van der Waals surface area (Å²) >= 11 is 0. The van der Waals surface area contributed by atoms with Gasteiger partial charge in [0.1, 0.15) is 13.2 Å². The molecule has 0 saturated carbocycles. The molecule has 3 unspecified atom stereocenters. The molecule has 0 radical (unpaired) electrons. The van der Waals surface area contributed by atoms with E-state index in [1.54, 1.807) is 6.08 Å². The highest BCUT2D eigenvalue weighted by Crippen LogP contribution is 2.43. The quantitative estimate of drug-likeness (QED) is 0.0243. The molecule has 86 heavy (non-hydrogen) atoms. The van der Waals surface area contributed by atoms with E-state index < -0.39 is 20.0 Å². The Morgan fingerprint density at radius 2 is 0.698 bits per heavy atom. The summed E-state index contributed by atoms with van der Waals surface area (Å²) in [5, 5.41) is 14.0. The van der Waals surface area contributed by atoms with Gasteiger partial charge in [-0.05, 0) is 96.3 Å². The molecular formula is C77H136N2O6P+. The highest BCUT2D eigenvalue weighted by molar-refractivity contribution is 7.47. The van der Waals surface area contributed by atoms with Crippen LogP contribution in [0.3, 0.4) is 0 Å². The first-order chi connectivity index (χ1) is 42.0. The number of nitrogens with zero attached hydrogens (tertiary/aromatic N) is 1. The van der Waals surface area contributed by atoms with Gasteiger partial charge < -0.3 is 19.8 Å². The average Bonchev–Trinajstić information content (AvgIpc) is 3.70. The molecule has 0 aliphatic heterocycles. The molecule has 0 rings (SSSR count). The highest BCUT2D eigenvalue weighted by Gasteiger charge is 2.28. The molecule has 0 aromatic rings. The van der Waals surface area contributed by atoms with E-state index in [0.29, 0.717) is 17.4 Å². The number of phosphoric ester groups is 1. The number of carbonyl (C=O) groups excluding carboxylic acids is 1. The molecule has 8 nitrogen and oxygen atoms in total. The third-order valence-electron chi connectivity index (χ3n) is 15.4. The van der Waals surface area contributed by atoms with Gasteiger partial charge in [0, 0.05) is 6.42 Å². The van der Waals surface area contributed by atoms with Crippen molar-refractivity contribution in [3.05, 3.63) is 134 Å². The van der Waals surface area contributed by atoms with Gasteiger partial charge in [-0.15, -0.1) is 0 Å². The van der Waals surface area contributed by atoms with Crippen molar-refractivity contribution in [3.8, 4) is 0 Å². The number of likely N-dealkylation sites (N-methyl/N-ethyl adjacent to an activating group) is 1. The number of aliphatic hydroxyl groups is 1. The zero-order chi connectivity index (χ0) is 62.6. The molecule has 0 fully saturated rings. The molecule has 3 N–H and O–H groups in total. The Kier molecular flexibility index (Phi) is 63.5. The number of nitrogens with one attached hydrogen (secondary N) is 1. The van der Waals surface area contributed by atoms with E-state index in [2.05, 4.69) is 141 Å². The smallest absolute Gasteiger partial charge is 0.387 e. The summed E-state index contributed by atoms with van der Waals surface area (Å²) in [4.78, 5) is 23.4. The fourth-order valence-corrected chi connectivity index (χ4v) is 10.6. The first-order valence-corrected chi connectivity index (χ1v) is 37.1. The molecule has 0 spiro atoms. The molecule has 3 atom stereocenters. The van der Waals surface area contributed by atoms with Crippen LogP contribution in [0.1, 0.15) is 296 Å². The summed E-state index contributed by atoms with van der Waals surface area (Å²) in [5.74, 6) is -0.184. The Hall–Kier alpha value is -3.36. The second-order valence-corrected chi connectivity index (χ2v) is 26.3. The van der Waals surface area contributed by atoms with Crippen molar-refractivity contribution in [1.29, 1.82) is 0 Å². The van der Waals surface area contributed by atoms with Gasteiger partial charge in [-0.1, -0.05) is 327 Å². The number of unbranched alkanes of at least 4 members (excludes halogenated alkanes) is 31. The van der Waals surface area contributed by atoms with Crippen molar-refractivity contribution in [2.75, 3.05) is 40.9 Å². The normalized spacial score (nSPS) is 14.5. The van der Waals surface area contributed by atoms with E-state index >= 15 is 0 Å². The van der Waals surface area contributed by atoms with Crippen LogP contribution in [0.2, 0.25) is 0 Å². The predicted molar refractivity (Wildman–Crippen MR) is 378 cm³/mol. The van der Waals surface area contributed by atoms with Crippen molar-refractivity contribution in [3.63, 3.8) is 0 Å². The second-order valence-electron chi connectivity index (χ2n) is 24.9. The molecule has 0 aromatic carbocycles. The molecule has 0 bridgehead atoms. The molecule has 0 aliphatic carbocycles. The standard InChI is InChI=1S/C77H135N2O6P/c1-6-8-10-12-14-16-18-20-22-24-26-28-30-31-32-33-34-35-36-37-38-39-40-41-42-43-44-45-46-47-49-51-53-55-57-59-61-63-65-67-69-71-77(81)78-75(74-85-86(82,83)84-73-72-79(3,4)5)76(80)70-68-66-64-62-60-58-56-54-52-50-48-29-27-25-23-21-19-17-15-13-11-9-7-2/h8,10,14,16,20,22,26,28,31-32,34-35,37-38,40-41,43-44,46-47,68,70,75-76,80H,6-7,9,11-13,15,17-19,21,23-25,27,29-30,33,36,39,42,45,48-67,69,71-74H2,1-5H3,(H-,78,81,82,83)/p+1/b10-8-,16-14-,22-20-,28-26-,32-31-,35-34-,38-37-,41-40-,44-43-,47-46-,70-68+. The van der Waals surface area contributed by atoms with Gasteiger partial charge in [-0.3, -0.25) is 13.8 Å². The van der Waals surface area contributed by atoms with Gasteiger partial charge in [0.2, 0.25) is 5.91 Å². The van der Waals surface area contributed by atoms with Crippen molar-refractivity contribution in [2.45, 2.75) is 309 Å². The topological polar surface area (TPSA) is 105 Å². The van der Waals surface area contributed by atoms with E-state index in [1.165, 1.54) is 167 Å². The van der Waals surface area contributed by atoms with Gasteiger partial charge in [-0.2, -0.15) is 0 Å². The lowest BCUT2D eigenvalue weighted by Gasteiger charge is -2.25. The maximum Gasteiger partial charge on any atom is 0.472 e. The monoisotopic (exact) mass is 1220 g/mol. The Morgan fingerprint density at radius 3 is 1.02 bits per heavy atom. The first-order valence-electron chi connectivity index (χ1n) is 35.6. The van der Waals surface area contributed by atoms with Gasteiger partial charge >= 0.3 is 7.82 Å². The number of allylic oxidation sites excluding steroid dienone is 21. The molecule has 9 heteroatoms. The third-order valence-corrected chi connectivity index (χ3v) is 16.4. The van der Waals surface area contributed by atoms with Crippen LogP contribution in [0.25, 0.3) is 0 Å². The molecule has 0 aromatic heterocycles. The molecule has 0 saturated heterocycles. The third kappa shape index (κ3) is 68.1. The van der Waals surface area contributed by atoms with Crippen LogP contribution >= 0.6 is 7.82 Å². The van der Waals surface area contributed by atoms with Gasteiger partial charge in [0.15, 0.2) is 0 Å². The van der Waals surface area contributed by atoms with Gasteiger partial charge in [0.25, 0.3) is 0 Å². The Bertz CT molecular complexity index is 1870. The fraction of sp³-hybridized carbons (Fsp3) is 0.701. The van der Waals surface area contributed by atoms with E-state index in [4.69, 9.17) is 9.05 Å². The zero-order valence-electron chi connectivity index (χ0n) is 56.5. The average molecular weight is 1220 g/mol. The highest BCUT2D eigenvalue weighted by atomic mass is 31.2. The molecular weight excluding hydrogens is 1080 g/mol. The predicted octanol–water partition coefficient (Wildman–Crippen LogP) is 23.0. The zero-order valence-corrected chi connectivity index (χ0v) is 57.4. The van der Waals surface area contributed by atoms with Crippen LogP contribution in [0.4, 0.5) is 0 Å². The van der Waals surface area contributed by atoms with Crippen molar-refractivity contribution in [1.82, 2.24) is 5.32 Å². The lowest BCUT2D eigenvalue weighted by atomic mass is 10.0. The number of hydrogen-bond donors (Lipinski definition) is 3. The lowest BCUT2D eigenvalue weighted by Crippen LogP contribution is -2.45. The van der Waals surface area contributed by atoms with Crippen molar-refractivity contribution >= 4 is 13.7 Å². The Balaban J connectivity index is 4.11. The fourth-order valence-electron chi connectivity index (χ4n) is 9.90. The molecule has 0 heterocycles. The van der Waals surface area contributed by atoms with Crippen LogP contribution in [0.5, 0.6) is 0 Å². The summed E-state index contributed by atoms with van der Waals surface area (Å²) in [6.45, 7) is 4.72. The summed E-state index contributed by atoms with van der Waals surface area (Å²) < 4.78 is 23.8. The first kappa shape index (κ1) is 82.6. The van der Waals surface area contributed by atoms with E-state index in [9.17, 15) is 19.4 Å². The number of hydrogen-bond acceptors (Lipinski definition) is 5. The van der Waals surface area contributed by atoms with Crippen molar-refractivity contribution < 1.29 is 32.9 Å². The minimum atomic E-state index is -4.36. The van der Waals surface area contributed by atoms with E-state index in [-0.39, 0.29) is 19.1 Å². The molecule has 0 aliphatic rings. The maximum absolute atomic E-state index is 13.1. The summed E-state index contributed by atoms with van der Waals surface area (Å²) in [6, 6.07) is -0.859. The van der Waals surface area contributed by atoms with Crippen LogP contribution in [-0.4, -0.2) is 73.4 Å². The second kappa shape index (κ2) is 66.1. The number of aliphatic hydroxyl groups excluding tert-OH is 1. The minimum absolute atomic E-state index is 0.0556. The SMILES string of the molecule is CC/C=C\C/C=C\C/C=C\C/C=C\C/C=C\C/C=C\C/C=C\C/C=C\C/C=C\C/C=C\CCCCCCCCCCCCC(=O)NC(COP(=O)(O)OCC[N+](C)(C)C)C(O)/C=C/CCCCCCCCCCCCCCCCCCCCCCC. The van der Waals surface area contributed by atoms with Crippen LogP contribution in [-0.2, 0) is 18.4 Å². The molecule has 494 valence electrons. The number of amides is 1. The number of carbonyl (C=O) groups is 1. The Morgan fingerprint density at radius 1 is 0.407 bits per heavy atom. The van der Waals surface area contributed by atoms with Crippen LogP contribution < -0.4 is 5.32 Å². The molecule has 1 amide bonds. The largest absolute Gasteiger partial charge is 0.472 e.